The average molecular weight is 221 g/mol. The number of benzene rings is 1. The van der Waals surface area contributed by atoms with E-state index >= 15 is 0 Å². The van der Waals surface area contributed by atoms with E-state index in [4.69, 9.17) is 0 Å². The van der Waals surface area contributed by atoms with E-state index in [0.29, 0.717) is 12.1 Å². The van der Waals surface area contributed by atoms with E-state index in [9.17, 15) is 5.11 Å². The van der Waals surface area contributed by atoms with Crippen molar-refractivity contribution in [2.75, 3.05) is 5.75 Å². The van der Waals surface area contributed by atoms with Crippen molar-refractivity contribution in [3.63, 3.8) is 0 Å². The van der Waals surface area contributed by atoms with Gasteiger partial charge in [0, 0.05) is 22.7 Å². The van der Waals surface area contributed by atoms with E-state index in [1.165, 1.54) is 10.5 Å². The number of hydrogen-bond donors (Lipinski definition) is 2. The summed E-state index contributed by atoms with van der Waals surface area (Å²) in [5.41, 5.74) is 1.43. The Labute approximate surface area is 94.1 Å². The maximum Gasteiger partial charge on any atom is 0.0570 e. The predicted octanol–water partition coefficient (Wildman–Crippen LogP) is 1.95. The van der Waals surface area contributed by atoms with Gasteiger partial charge >= 0.3 is 0 Å². The first-order valence-electron chi connectivity index (χ1n) is 5.49. The van der Waals surface area contributed by atoms with Crippen LogP contribution in [0.4, 0.5) is 0 Å². The fraction of sp³-hybridized carbons (Fsp3) is 0.500. The van der Waals surface area contributed by atoms with Crippen LogP contribution in [0.25, 0.3) is 0 Å². The second kappa shape index (κ2) is 3.81. The summed E-state index contributed by atoms with van der Waals surface area (Å²) in [4.78, 5) is 1.41. The SMILES string of the molecule is OC1CC(NC2CSc3ccccc32)C1. The van der Waals surface area contributed by atoms with Crippen LogP contribution in [0.3, 0.4) is 0 Å². The number of rotatable bonds is 2. The number of hydrogen-bond acceptors (Lipinski definition) is 3. The van der Waals surface area contributed by atoms with Gasteiger partial charge in [-0.3, -0.25) is 0 Å². The highest BCUT2D eigenvalue weighted by Crippen LogP contribution is 2.39. The highest BCUT2D eigenvalue weighted by molar-refractivity contribution is 7.99. The molecule has 1 aliphatic heterocycles. The van der Waals surface area contributed by atoms with Crippen LogP contribution in [0.15, 0.2) is 29.2 Å². The Morgan fingerprint density at radius 3 is 2.87 bits per heavy atom. The highest BCUT2D eigenvalue weighted by Gasteiger charge is 2.31. The molecule has 1 heterocycles. The van der Waals surface area contributed by atoms with Gasteiger partial charge < -0.3 is 10.4 Å². The molecule has 15 heavy (non-hydrogen) atoms. The van der Waals surface area contributed by atoms with Crippen LogP contribution < -0.4 is 5.32 Å². The highest BCUT2D eigenvalue weighted by atomic mass is 32.2. The molecular weight excluding hydrogens is 206 g/mol. The lowest BCUT2D eigenvalue weighted by Gasteiger charge is -2.34. The molecule has 2 nitrogen and oxygen atoms in total. The Morgan fingerprint density at radius 1 is 1.27 bits per heavy atom. The van der Waals surface area contributed by atoms with Crippen molar-refractivity contribution in [1.82, 2.24) is 5.32 Å². The Bertz CT molecular complexity index is 362. The maximum absolute atomic E-state index is 9.24. The van der Waals surface area contributed by atoms with E-state index in [2.05, 4.69) is 29.6 Å². The Balaban J connectivity index is 1.69. The monoisotopic (exact) mass is 221 g/mol. The zero-order valence-electron chi connectivity index (χ0n) is 8.52. The summed E-state index contributed by atoms with van der Waals surface area (Å²) in [5, 5.41) is 12.9. The number of thioether (sulfide) groups is 1. The number of nitrogens with one attached hydrogen (secondary N) is 1. The van der Waals surface area contributed by atoms with Crippen LogP contribution in [-0.4, -0.2) is 23.0 Å². The second-order valence-electron chi connectivity index (χ2n) is 4.39. The molecule has 0 radical (unpaired) electrons. The van der Waals surface area contributed by atoms with E-state index in [1.807, 2.05) is 11.8 Å². The van der Waals surface area contributed by atoms with Gasteiger partial charge in [-0.2, -0.15) is 0 Å². The minimum atomic E-state index is -0.0631. The van der Waals surface area contributed by atoms with Gasteiger partial charge in [-0.25, -0.2) is 0 Å². The van der Waals surface area contributed by atoms with Crippen molar-refractivity contribution in [1.29, 1.82) is 0 Å². The maximum atomic E-state index is 9.24. The molecule has 1 aromatic rings. The molecule has 1 aromatic carbocycles. The summed E-state index contributed by atoms with van der Waals surface area (Å²) in [6.07, 6.45) is 1.78. The molecule has 0 spiro atoms. The van der Waals surface area contributed by atoms with Crippen molar-refractivity contribution < 1.29 is 5.11 Å². The van der Waals surface area contributed by atoms with E-state index in [0.717, 1.165) is 18.6 Å². The third-order valence-electron chi connectivity index (χ3n) is 3.25. The van der Waals surface area contributed by atoms with Gasteiger partial charge in [0.2, 0.25) is 0 Å². The van der Waals surface area contributed by atoms with Crippen LogP contribution in [0.1, 0.15) is 24.4 Å². The first kappa shape index (κ1) is 9.70. The summed E-state index contributed by atoms with van der Waals surface area (Å²) in [6.45, 7) is 0. The predicted molar refractivity (Wildman–Crippen MR) is 62.1 cm³/mol. The van der Waals surface area contributed by atoms with Crippen molar-refractivity contribution in [3.8, 4) is 0 Å². The lowest BCUT2D eigenvalue weighted by Crippen LogP contribution is -2.45. The third-order valence-corrected chi connectivity index (χ3v) is 4.43. The zero-order chi connectivity index (χ0) is 10.3. The summed E-state index contributed by atoms with van der Waals surface area (Å²) in [6, 6.07) is 9.62. The lowest BCUT2D eigenvalue weighted by atomic mass is 9.88. The molecule has 2 N–H and O–H groups in total. The summed E-state index contributed by atoms with van der Waals surface area (Å²) in [7, 11) is 0. The Hall–Kier alpha value is -0.510. The van der Waals surface area contributed by atoms with Crippen molar-refractivity contribution in [3.05, 3.63) is 29.8 Å². The molecule has 1 atom stereocenters. The van der Waals surface area contributed by atoms with Crippen LogP contribution in [0, 0.1) is 0 Å². The molecule has 0 aromatic heterocycles. The topological polar surface area (TPSA) is 32.3 Å². The molecule has 0 bridgehead atoms. The van der Waals surface area contributed by atoms with E-state index < -0.39 is 0 Å². The third kappa shape index (κ3) is 1.80. The fourth-order valence-electron chi connectivity index (χ4n) is 2.31. The van der Waals surface area contributed by atoms with E-state index in [1.54, 1.807) is 0 Å². The van der Waals surface area contributed by atoms with Crippen molar-refractivity contribution in [2.45, 2.75) is 35.9 Å². The average Bonchev–Trinajstić information content (AvgIpc) is 2.60. The second-order valence-corrected chi connectivity index (χ2v) is 5.45. The van der Waals surface area contributed by atoms with E-state index in [-0.39, 0.29) is 6.10 Å². The molecule has 2 aliphatic rings. The largest absolute Gasteiger partial charge is 0.393 e. The molecular formula is C12H15NOS. The number of aliphatic hydroxyl groups is 1. The van der Waals surface area contributed by atoms with Crippen LogP contribution in [0.2, 0.25) is 0 Å². The minimum Gasteiger partial charge on any atom is -0.393 e. The molecule has 0 amide bonds. The standard InChI is InChI=1S/C12H15NOS/c14-9-5-8(6-9)13-11-7-15-12-4-2-1-3-10(11)12/h1-4,8-9,11,13-14H,5-7H2. The summed E-state index contributed by atoms with van der Waals surface area (Å²) >= 11 is 1.93. The zero-order valence-corrected chi connectivity index (χ0v) is 9.33. The molecule has 3 rings (SSSR count). The normalized spacial score (nSPS) is 33.5. The first-order chi connectivity index (χ1) is 7.33. The van der Waals surface area contributed by atoms with Gasteiger partial charge in [0.25, 0.3) is 0 Å². The molecule has 80 valence electrons. The van der Waals surface area contributed by atoms with Gasteiger partial charge in [-0.05, 0) is 24.5 Å². The van der Waals surface area contributed by atoms with Crippen LogP contribution in [0.5, 0.6) is 0 Å². The van der Waals surface area contributed by atoms with Crippen LogP contribution >= 0.6 is 11.8 Å². The molecule has 3 heteroatoms. The number of fused-ring (bicyclic) bond motifs is 1. The minimum absolute atomic E-state index is 0.0631. The molecule has 0 saturated heterocycles. The van der Waals surface area contributed by atoms with Crippen LogP contribution in [-0.2, 0) is 0 Å². The van der Waals surface area contributed by atoms with Gasteiger partial charge in [-0.15, -0.1) is 11.8 Å². The first-order valence-corrected chi connectivity index (χ1v) is 6.47. The number of aliphatic hydroxyl groups excluding tert-OH is 1. The summed E-state index contributed by atoms with van der Waals surface area (Å²) < 4.78 is 0. The smallest absolute Gasteiger partial charge is 0.0570 e. The Morgan fingerprint density at radius 2 is 2.07 bits per heavy atom. The Kier molecular flexibility index (Phi) is 2.47. The molecule has 1 aliphatic carbocycles. The van der Waals surface area contributed by atoms with Gasteiger partial charge in [0.15, 0.2) is 0 Å². The molecule has 1 unspecified atom stereocenters. The van der Waals surface area contributed by atoms with Crippen molar-refractivity contribution >= 4 is 11.8 Å². The van der Waals surface area contributed by atoms with Gasteiger partial charge in [0.05, 0.1) is 6.10 Å². The van der Waals surface area contributed by atoms with Gasteiger partial charge in [0.1, 0.15) is 0 Å². The molecule has 1 fully saturated rings. The van der Waals surface area contributed by atoms with Gasteiger partial charge in [-0.1, -0.05) is 18.2 Å². The quantitative estimate of drug-likeness (QED) is 0.800. The summed E-state index contributed by atoms with van der Waals surface area (Å²) in [5.74, 6) is 1.13. The molecule has 1 saturated carbocycles. The lowest BCUT2D eigenvalue weighted by molar-refractivity contribution is 0.0588. The van der Waals surface area contributed by atoms with Crippen molar-refractivity contribution in [2.24, 2.45) is 0 Å². The fourth-order valence-corrected chi connectivity index (χ4v) is 3.48.